The summed E-state index contributed by atoms with van der Waals surface area (Å²) in [6, 6.07) is -0.103. The van der Waals surface area contributed by atoms with Gasteiger partial charge in [0.1, 0.15) is 10.6 Å². The quantitative estimate of drug-likeness (QED) is 0.879. The van der Waals surface area contributed by atoms with Crippen LogP contribution in [0.4, 0.5) is 8.78 Å². The predicted molar refractivity (Wildman–Crippen MR) is 74.9 cm³/mol. The highest BCUT2D eigenvalue weighted by Crippen LogP contribution is 2.42. The molecule has 2 aromatic rings. The molecule has 1 fully saturated rings. The highest BCUT2D eigenvalue weighted by molar-refractivity contribution is 6.35. The molecule has 1 aliphatic rings. The minimum absolute atomic E-state index is 0.0464. The maximum atomic E-state index is 14.0. The van der Waals surface area contributed by atoms with Crippen LogP contribution in [0.3, 0.4) is 0 Å². The first kappa shape index (κ1) is 14.8. The SMILES string of the molecule is COc1c(F)c(F)c(Cl)c2c1c(=O)c(C(=O)O)cn2C1CC1. The molecule has 0 saturated heterocycles. The molecule has 116 valence electrons. The molecule has 5 nitrogen and oxygen atoms in total. The first-order valence-corrected chi connectivity index (χ1v) is 6.78. The average molecular weight is 330 g/mol. The normalized spacial score (nSPS) is 14.4. The number of benzene rings is 1. The first-order chi connectivity index (χ1) is 10.4. The van der Waals surface area contributed by atoms with Crippen molar-refractivity contribution in [3.8, 4) is 5.75 Å². The Morgan fingerprint density at radius 1 is 1.41 bits per heavy atom. The van der Waals surface area contributed by atoms with Crippen molar-refractivity contribution in [1.29, 1.82) is 0 Å². The molecule has 1 N–H and O–H groups in total. The lowest BCUT2D eigenvalue weighted by Crippen LogP contribution is -2.20. The number of ether oxygens (including phenoxy) is 1. The lowest BCUT2D eigenvalue weighted by atomic mass is 10.1. The van der Waals surface area contributed by atoms with Gasteiger partial charge in [0.15, 0.2) is 11.6 Å². The van der Waals surface area contributed by atoms with Crippen molar-refractivity contribution in [1.82, 2.24) is 4.57 Å². The van der Waals surface area contributed by atoms with E-state index in [1.165, 1.54) is 4.57 Å². The molecule has 0 spiro atoms. The molecule has 1 aliphatic carbocycles. The van der Waals surface area contributed by atoms with Crippen molar-refractivity contribution in [2.75, 3.05) is 7.11 Å². The molecule has 1 aromatic heterocycles. The standard InChI is InChI=1S/C14H10ClF2NO4/c1-22-13-7-11(8(15)9(16)10(13)17)18(5-2-3-5)4-6(12(7)19)14(20)21/h4-5H,2-3H2,1H3,(H,20,21). The van der Waals surface area contributed by atoms with Crippen LogP contribution in [0.1, 0.15) is 29.2 Å². The van der Waals surface area contributed by atoms with Gasteiger partial charge in [0, 0.05) is 12.2 Å². The number of hydrogen-bond donors (Lipinski definition) is 1. The van der Waals surface area contributed by atoms with E-state index in [2.05, 4.69) is 0 Å². The van der Waals surface area contributed by atoms with Crippen LogP contribution >= 0.6 is 11.6 Å². The fourth-order valence-electron chi connectivity index (χ4n) is 2.46. The largest absolute Gasteiger partial charge is 0.493 e. The third-order valence-electron chi connectivity index (χ3n) is 3.63. The van der Waals surface area contributed by atoms with Crippen molar-refractivity contribution in [3.05, 3.63) is 38.6 Å². The van der Waals surface area contributed by atoms with E-state index in [1.807, 2.05) is 0 Å². The molecule has 22 heavy (non-hydrogen) atoms. The Morgan fingerprint density at radius 2 is 2.05 bits per heavy atom. The summed E-state index contributed by atoms with van der Waals surface area (Å²) < 4.78 is 34.1. The Bertz CT molecular complexity index is 874. The van der Waals surface area contributed by atoms with Gasteiger partial charge in [0.05, 0.1) is 18.0 Å². The van der Waals surface area contributed by atoms with Gasteiger partial charge in [-0.1, -0.05) is 11.6 Å². The summed E-state index contributed by atoms with van der Waals surface area (Å²) in [6.07, 6.45) is 2.58. The van der Waals surface area contributed by atoms with E-state index >= 15 is 0 Å². The van der Waals surface area contributed by atoms with Gasteiger partial charge >= 0.3 is 5.97 Å². The Balaban J connectivity index is 2.60. The van der Waals surface area contributed by atoms with Gasteiger partial charge in [-0.15, -0.1) is 0 Å². The van der Waals surface area contributed by atoms with Crippen molar-refractivity contribution < 1.29 is 23.4 Å². The smallest absolute Gasteiger partial charge is 0.341 e. The third-order valence-corrected chi connectivity index (χ3v) is 3.97. The number of nitrogens with zero attached hydrogens (tertiary/aromatic N) is 1. The Morgan fingerprint density at radius 3 is 2.55 bits per heavy atom. The molecule has 3 rings (SSSR count). The van der Waals surface area contributed by atoms with E-state index in [-0.39, 0.29) is 16.9 Å². The molecular formula is C14H10ClF2NO4. The van der Waals surface area contributed by atoms with Crippen LogP contribution in [0.15, 0.2) is 11.0 Å². The van der Waals surface area contributed by atoms with Crippen LogP contribution in [0.25, 0.3) is 10.9 Å². The number of pyridine rings is 1. The molecule has 1 saturated carbocycles. The second kappa shape index (κ2) is 4.95. The van der Waals surface area contributed by atoms with Crippen LogP contribution in [-0.4, -0.2) is 22.8 Å². The van der Waals surface area contributed by atoms with Crippen molar-refractivity contribution in [3.63, 3.8) is 0 Å². The van der Waals surface area contributed by atoms with Gasteiger partial charge in [-0.05, 0) is 12.8 Å². The molecule has 0 atom stereocenters. The maximum Gasteiger partial charge on any atom is 0.341 e. The zero-order chi connectivity index (χ0) is 16.2. The Labute approximate surface area is 127 Å². The summed E-state index contributed by atoms with van der Waals surface area (Å²) in [5.74, 6) is -4.84. The van der Waals surface area contributed by atoms with Gasteiger partial charge in [-0.3, -0.25) is 4.79 Å². The monoisotopic (exact) mass is 329 g/mol. The zero-order valence-corrected chi connectivity index (χ0v) is 12.1. The number of halogens is 3. The second-order valence-electron chi connectivity index (χ2n) is 5.01. The molecule has 8 heteroatoms. The number of carbonyl (C=O) groups is 1. The first-order valence-electron chi connectivity index (χ1n) is 6.41. The fourth-order valence-corrected chi connectivity index (χ4v) is 2.74. The van der Waals surface area contributed by atoms with Gasteiger partial charge in [-0.2, -0.15) is 4.39 Å². The molecule has 0 bridgehead atoms. The number of aromatic carboxylic acids is 1. The lowest BCUT2D eigenvalue weighted by molar-refractivity contribution is 0.0695. The zero-order valence-electron chi connectivity index (χ0n) is 11.3. The Kier molecular flexibility index (Phi) is 3.32. The van der Waals surface area contributed by atoms with Crippen molar-refractivity contribution in [2.45, 2.75) is 18.9 Å². The minimum Gasteiger partial charge on any atom is -0.493 e. The van der Waals surface area contributed by atoms with E-state index in [1.54, 1.807) is 0 Å². The summed E-state index contributed by atoms with van der Waals surface area (Å²) in [7, 11) is 1.07. The molecule has 1 heterocycles. The minimum atomic E-state index is -1.45. The molecular weight excluding hydrogens is 320 g/mol. The van der Waals surface area contributed by atoms with Crippen LogP contribution in [-0.2, 0) is 0 Å². The van der Waals surface area contributed by atoms with Crippen LogP contribution in [0, 0.1) is 11.6 Å². The number of methoxy groups -OCH3 is 1. The van der Waals surface area contributed by atoms with Gasteiger partial charge in [-0.25, -0.2) is 9.18 Å². The summed E-state index contributed by atoms with van der Waals surface area (Å²) in [4.78, 5) is 23.6. The van der Waals surface area contributed by atoms with E-state index in [4.69, 9.17) is 21.4 Å². The van der Waals surface area contributed by atoms with Gasteiger partial charge < -0.3 is 14.4 Å². The van der Waals surface area contributed by atoms with Crippen molar-refractivity contribution in [2.24, 2.45) is 0 Å². The molecule has 0 amide bonds. The van der Waals surface area contributed by atoms with Gasteiger partial charge in [0.2, 0.25) is 11.2 Å². The topological polar surface area (TPSA) is 68.5 Å². The van der Waals surface area contributed by atoms with Crippen LogP contribution < -0.4 is 10.2 Å². The van der Waals surface area contributed by atoms with Crippen LogP contribution in [0.2, 0.25) is 5.02 Å². The number of carboxylic acids is 1. The third kappa shape index (κ3) is 1.96. The van der Waals surface area contributed by atoms with Crippen molar-refractivity contribution >= 4 is 28.5 Å². The molecule has 0 aliphatic heterocycles. The average Bonchev–Trinajstić information content (AvgIpc) is 3.30. The lowest BCUT2D eigenvalue weighted by Gasteiger charge is -2.16. The molecule has 0 radical (unpaired) electrons. The summed E-state index contributed by atoms with van der Waals surface area (Å²) >= 11 is 5.86. The number of hydrogen-bond acceptors (Lipinski definition) is 3. The van der Waals surface area contributed by atoms with E-state index in [0.717, 1.165) is 26.1 Å². The van der Waals surface area contributed by atoms with Crippen LogP contribution in [0.5, 0.6) is 5.75 Å². The highest BCUT2D eigenvalue weighted by Gasteiger charge is 2.31. The second-order valence-corrected chi connectivity index (χ2v) is 5.39. The van der Waals surface area contributed by atoms with E-state index in [9.17, 15) is 18.4 Å². The fraction of sp³-hybridized carbons (Fsp3) is 0.286. The molecule has 1 aromatic carbocycles. The number of carboxylic acid groups (broad SMARTS) is 1. The highest BCUT2D eigenvalue weighted by atomic mass is 35.5. The Hall–Kier alpha value is -2.15. The predicted octanol–water partition coefficient (Wildman–Crippen LogP) is 2.97. The van der Waals surface area contributed by atoms with E-state index in [0.29, 0.717) is 0 Å². The van der Waals surface area contributed by atoms with E-state index < -0.39 is 39.4 Å². The molecule has 0 unspecified atom stereocenters. The maximum absolute atomic E-state index is 14.0. The van der Waals surface area contributed by atoms with Gasteiger partial charge in [0.25, 0.3) is 0 Å². The number of aromatic nitrogens is 1. The number of fused-ring (bicyclic) bond motifs is 1. The summed E-state index contributed by atoms with van der Waals surface area (Å²) in [5, 5.41) is 8.23. The summed E-state index contributed by atoms with van der Waals surface area (Å²) in [6.45, 7) is 0. The number of rotatable bonds is 3. The summed E-state index contributed by atoms with van der Waals surface area (Å²) in [5.41, 5.74) is -1.55.